The number of rotatable bonds is 11. The van der Waals surface area contributed by atoms with Crippen LogP contribution in [0.3, 0.4) is 0 Å². The summed E-state index contributed by atoms with van der Waals surface area (Å²) in [5.74, 6) is -1.40. The summed E-state index contributed by atoms with van der Waals surface area (Å²) in [7, 11) is 0. The van der Waals surface area contributed by atoms with Gasteiger partial charge in [-0.25, -0.2) is 4.79 Å². The van der Waals surface area contributed by atoms with Crippen molar-refractivity contribution in [3.05, 3.63) is 23.8 Å². The molecule has 0 aromatic heterocycles. The van der Waals surface area contributed by atoms with Crippen LogP contribution in [0.5, 0.6) is 11.5 Å². The number of carbonyl (C=O) groups excluding carboxylic acids is 4. The van der Waals surface area contributed by atoms with Gasteiger partial charge >= 0.3 is 24.1 Å². The smallest absolute Gasteiger partial charge is 0.461 e. The minimum atomic E-state index is -1.05. The monoisotopic (exact) mass is 537 g/mol. The summed E-state index contributed by atoms with van der Waals surface area (Å²) in [6.45, 7) is 15.8. The average molecular weight is 538 g/mol. The van der Waals surface area contributed by atoms with E-state index in [9.17, 15) is 19.2 Å². The first-order chi connectivity index (χ1) is 17.4. The second-order valence-electron chi connectivity index (χ2n) is 11.5. The van der Waals surface area contributed by atoms with Crippen LogP contribution in [-0.2, 0) is 35.0 Å². The van der Waals surface area contributed by atoms with E-state index in [2.05, 4.69) is 0 Å². The average Bonchev–Trinajstić information content (AvgIpc) is 2.81. The lowest BCUT2D eigenvalue weighted by atomic mass is 9.97. The molecule has 1 aromatic rings. The van der Waals surface area contributed by atoms with Gasteiger partial charge in [0, 0.05) is 0 Å². The van der Waals surface area contributed by atoms with Gasteiger partial charge in [0.15, 0.2) is 11.5 Å². The quantitative estimate of drug-likeness (QED) is 0.315. The molecule has 10 heteroatoms. The molecular formula is C28H43NO9. The fourth-order valence-corrected chi connectivity index (χ4v) is 2.55. The zero-order chi connectivity index (χ0) is 29.3. The summed E-state index contributed by atoms with van der Waals surface area (Å²) in [5.41, 5.74) is 5.00. The highest BCUT2D eigenvalue weighted by Crippen LogP contribution is 2.33. The van der Waals surface area contributed by atoms with E-state index in [1.807, 2.05) is 13.8 Å². The topological polar surface area (TPSA) is 140 Å². The Kier molecular flexibility index (Phi) is 12.2. The normalized spacial score (nSPS) is 14.1. The highest BCUT2D eigenvalue weighted by atomic mass is 16.7. The van der Waals surface area contributed by atoms with Crippen molar-refractivity contribution in [1.82, 2.24) is 0 Å². The fourth-order valence-electron chi connectivity index (χ4n) is 2.55. The maximum atomic E-state index is 12.5. The van der Waals surface area contributed by atoms with Crippen LogP contribution in [0, 0.1) is 16.7 Å². The van der Waals surface area contributed by atoms with Crippen LogP contribution in [0.4, 0.5) is 4.79 Å². The van der Waals surface area contributed by atoms with Gasteiger partial charge in [-0.1, -0.05) is 26.3 Å². The Hall–Kier alpha value is -3.14. The number of esters is 3. The van der Waals surface area contributed by atoms with E-state index < -0.39 is 47.0 Å². The molecule has 3 atom stereocenters. The van der Waals surface area contributed by atoms with Crippen molar-refractivity contribution < 1.29 is 42.9 Å². The van der Waals surface area contributed by atoms with Gasteiger partial charge in [0.1, 0.15) is 18.8 Å². The van der Waals surface area contributed by atoms with Crippen molar-refractivity contribution in [2.45, 2.75) is 87.3 Å². The predicted molar refractivity (Wildman–Crippen MR) is 141 cm³/mol. The number of carbonyl (C=O) groups is 4. The van der Waals surface area contributed by atoms with Gasteiger partial charge in [-0.3, -0.25) is 14.4 Å². The largest absolute Gasteiger partial charge is 0.508 e. The van der Waals surface area contributed by atoms with Crippen molar-refractivity contribution in [1.29, 1.82) is 0 Å². The lowest BCUT2D eigenvalue weighted by Gasteiger charge is -2.21. The molecule has 0 amide bonds. The molecule has 1 aromatic carbocycles. The molecule has 10 nitrogen and oxygen atoms in total. The Balaban J connectivity index is 2.84. The van der Waals surface area contributed by atoms with Gasteiger partial charge in [0.25, 0.3) is 0 Å². The Bertz CT molecular complexity index is 976. The number of hydrogen-bond donors (Lipinski definition) is 1. The van der Waals surface area contributed by atoms with Crippen LogP contribution >= 0.6 is 0 Å². The summed E-state index contributed by atoms with van der Waals surface area (Å²) in [6, 6.07) is 3.56. The van der Waals surface area contributed by atoms with E-state index in [1.54, 1.807) is 54.5 Å². The van der Waals surface area contributed by atoms with Crippen LogP contribution in [-0.4, -0.2) is 49.4 Å². The number of ether oxygens (including phenoxy) is 5. The molecule has 0 saturated carbocycles. The summed E-state index contributed by atoms with van der Waals surface area (Å²) in [5, 5.41) is 0. The number of hydrogen-bond acceptors (Lipinski definition) is 10. The van der Waals surface area contributed by atoms with Crippen LogP contribution in [0.1, 0.15) is 74.3 Å². The number of nitrogens with two attached hydrogens (primary N) is 1. The van der Waals surface area contributed by atoms with Crippen molar-refractivity contribution in [2.24, 2.45) is 22.5 Å². The molecule has 0 saturated heterocycles. The molecule has 0 bridgehead atoms. The van der Waals surface area contributed by atoms with Gasteiger partial charge in [0.2, 0.25) is 0 Å². The molecule has 0 spiro atoms. The van der Waals surface area contributed by atoms with Crippen molar-refractivity contribution >= 4 is 24.1 Å². The van der Waals surface area contributed by atoms with E-state index in [0.717, 1.165) is 6.42 Å². The highest BCUT2D eigenvalue weighted by Gasteiger charge is 2.29. The van der Waals surface area contributed by atoms with E-state index in [1.165, 1.54) is 12.1 Å². The van der Waals surface area contributed by atoms with Crippen molar-refractivity contribution in [3.63, 3.8) is 0 Å². The summed E-state index contributed by atoms with van der Waals surface area (Å²) < 4.78 is 26.3. The van der Waals surface area contributed by atoms with E-state index in [0.29, 0.717) is 5.56 Å². The highest BCUT2D eigenvalue weighted by molar-refractivity contribution is 5.81. The van der Waals surface area contributed by atoms with Gasteiger partial charge in [-0.15, -0.1) is 0 Å². The molecular weight excluding hydrogens is 494 g/mol. The zero-order valence-corrected chi connectivity index (χ0v) is 24.0. The van der Waals surface area contributed by atoms with Crippen molar-refractivity contribution in [3.8, 4) is 11.5 Å². The Morgan fingerprint density at radius 3 is 1.92 bits per heavy atom. The standard InChI is InChI=1S/C28H43NO9/c1-10-17(2)15-35-26(33)36-18(3)16-34-23(30)20(29)13-19-11-12-21(37-24(31)27(4,5)6)22(14-19)38-25(32)28(7,8)9/h11-12,14,17-18,20H,10,13,15-16,29H2,1-9H3/t17?,18-,20-/m0/s1. The molecule has 214 valence electrons. The SMILES string of the molecule is CCC(C)COC(=O)O[C@@H](C)COC(=O)[C@@H](N)Cc1ccc(OC(=O)C(C)(C)C)c(OC(=O)C(C)(C)C)c1. The second kappa shape index (κ2) is 14.1. The Labute approximate surface area is 225 Å². The van der Waals surface area contributed by atoms with Gasteiger partial charge in [0.05, 0.1) is 17.4 Å². The maximum Gasteiger partial charge on any atom is 0.508 e. The zero-order valence-electron chi connectivity index (χ0n) is 24.0. The minimum Gasteiger partial charge on any atom is -0.461 e. The van der Waals surface area contributed by atoms with Gasteiger partial charge < -0.3 is 29.4 Å². The van der Waals surface area contributed by atoms with Crippen LogP contribution in [0.15, 0.2) is 18.2 Å². The first-order valence-electron chi connectivity index (χ1n) is 12.8. The molecule has 1 rings (SSSR count). The third kappa shape index (κ3) is 11.5. The third-order valence-corrected chi connectivity index (χ3v) is 5.34. The van der Waals surface area contributed by atoms with Gasteiger partial charge in [-0.2, -0.15) is 0 Å². The Morgan fingerprint density at radius 1 is 0.842 bits per heavy atom. The first kappa shape index (κ1) is 32.9. The predicted octanol–water partition coefficient (Wildman–Crippen LogP) is 4.59. The minimum absolute atomic E-state index is 0.0403. The second-order valence-corrected chi connectivity index (χ2v) is 11.5. The van der Waals surface area contributed by atoms with E-state index in [-0.39, 0.29) is 37.1 Å². The van der Waals surface area contributed by atoms with Gasteiger partial charge in [-0.05, 0) is 78.5 Å². The van der Waals surface area contributed by atoms with Crippen LogP contribution < -0.4 is 15.2 Å². The third-order valence-electron chi connectivity index (χ3n) is 5.34. The molecule has 0 heterocycles. The number of benzene rings is 1. The molecule has 0 radical (unpaired) electrons. The molecule has 0 aliphatic carbocycles. The van der Waals surface area contributed by atoms with E-state index in [4.69, 9.17) is 29.4 Å². The van der Waals surface area contributed by atoms with E-state index >= 15 is 0 Å². The summed E-state index contributed by atoms with van der Waals surface area (Å²) >= 11 is 0. The first-order valence-corrected chi connectivity index (χ1v) is 12.8. The molecule has 0 aliphatic rings. The molecule has 0 fully saturated rings. The summed E-state index contributed by atoms with van der Waals surface area (Å²) in [4.78, 5) is 49.1. The molecule has 38 heavy (non-hydrogen) atoms. The maximum absolute atomic E-state index is 12.5. The molecule has 1 unspecified atom stereocenters. The van der Waals surface area contributed by atoms with Crippen LogP contribution in [0.25, 0.3) is 0 Å². The summed E-state index contributed by atoms with van der Waals surface area (Å²) in [6.07, 6.45) is -0.638. The lowest BCUT2D eigenvalue weighted by Crippen LogP contribution is -2.36. The molecule has 2 N–H and O–H groups in total. The fraction of sp³-hybridized carbons (Fsp3) is 0.643. The lowest BCUT2D eigenvalue weighted by molar-refractivity contribution is -0.148. The molecule has 0 aliphatic heterocycles. The van der Waals surface area contributed by atoms with Crippen molar-refractivity contribution in [2.75, 3.05) is 13.2 Å². The Morgan fingerprint density at radius 2 is 1.39 bits per heavy atom. The van der Waals surface area contributed by atoms with Crippen LogP contribution in [0.2, 0.25) is 0 Å².